The number of benzene rings is 1. The lowest BCUT2D eigenvalue weighted by molar-refractivity contribution is 0.591. The zero-order chi connectivity index (χ0) is 18.0. The molecule has 1 aromatic carbocycles. The minimum atomic E-state index is 0.120. The van der Waals surface area contributed by atoms with Crippen molar-refractivity contribution in [3.63, 3.8) is 0 Å². The van der Waals surface area contributed by atoms with Crippen LogP contribution in [0.4, 0.5) is 0 Å². The van der Waals surface area contributed by atoms with E-state index in [1.807, 2.05) is 6.07 Å². The maximum absolute atomic E-state index is 6.42. The van der Waals surface area contributed by atoms with Crippen LogP contribution in [0.2, 0.25) is 5.02 Å². The number of pyridine rings is 1. The van der Waals surface area contributed by atoms with Crippen molar-refractivity contribution < 1.29 is 0 Å². The Morgan fingerprint density at radius 2 is 1.96 bits per heavy atom. The smallest absolute Gasteiger partial charge is 0.0682 e. The summed E-state index contributed by atoms with van der Waals surface area (Å²) in [4.78, 5) is 7.70. The number of nitrogens with one attached hydrogen (secondary N) is 1. The molecular formula is C21H26ClN3. The largest absolute Gasteiger partial charge is 0.354 e. The van der Waals surface area contributed by atoms with E-state index in [9.17, 15) is 0 Å². The Kier molecular flexibility index (Phi) is 5.16. The van der Waals surface area contributed by atoms with E-state index in [0.717, 1.165) is 42.6 Å². The van der Waals surface area contributed by atoms with Gasteiger partial charge in [-0.05, 0) is 60.5 Å². The number of rotatable bonds is 5. The first-order chi connectivity index (χ1) is 11.9. The van der Waals surface area contributed by atoms with E-state index in [0.29, 0.717) is 5.02 Å². The van der Waals surface area contributed by atoms with Gasteiger partial charge in [0.15, 0.2) is 0 Å². The fraction of sp³-hybridized carbons (Fsp3) is 0.381. The van der Waals surface area contributed by atoms with Crippen molar-refractivity contribution in [3.05, 3.63) is 52.8 Å². The minimum absolute atomic E-state index is 0.120. The molecule has 0 unspecified atom stereocenters. The molecule has 3 rings (SSSR count). The molecule has 2 heterocycles. The van der Waals surface area contributed by atoms with Gasteiger partial charge in [-0.1, -0.05) is 38.4 Å². The molecule has 0 spiro atoms. The first kappa shape index (κ1) is 18.0. The third kappa shape index (κ3) is 3.73. The number of hydrogen-bond acceptors (Lipinski definition) is 2. The number of hydrogen-bond donors (Lipinski definition) is 2. The summed E-state index contributed by atoms with van der Waals surface area (Å²) < 4.78 is 0. The summed E-state index contributed by atoms with van der Waals surface area (Å²) >= 11 is 6.42. The number of fused-ring (bicyclic) bond motifs is 1. The Bertz CT molecular complexity index is 874. The SMILES string of the molecule is CC(C)(C)c1ccc2[nH]c(-c3ccncc3Cl)c(CCCCN)c2c1. The lowest BCUT2D eigenvalue weighted by Gasteiger charge is -2.19. The van der Waals surface area contributed by atoms with E-state index in [1.165, 1.54) is 16.5 Å². The molecule has 0 amide bonds. The standard InChI is InChI=1S/C21H26ClN3/c1-21(2,3)14-7-8-19-17(12-14)15(6-4-5-10-23)20(25-19)16-9-11-24-13-18(16)22/h7-9,11-13,25H,4-6,10,23H2,1-3H3. The van der Waals surface area contributed by atoms with Gasteiger partial charge in [0.1, 0.15) is 0 Å². The van der Waals surface area contributed by atoms with Crippen LogP contribution in [0.15, 0.2) is 36.7 Å². The van der Waals surface area contributed by atoms with Crippen molar-refractivity contribution in [1.29, 1.82) is 0 Å². The molecule has 3 N–H and O–H groups in total. The normalized spacial score (nSPS) is 12.0. The molecule has 0 fully saturated rings. The number of H-pyrrole nitrogens is 1. The average Bonchev–Trinajstić information content (AvgIpc) is 2.92. The second-order valence-electron chi connectivity index (χ2n) is 7.59. The Morgan fingerprint density at radius 3 is 2.64 bits per heavy atom. The summed E-state index contributed by atoms with van der Waals surface area (Å²) in [5.41, 5.74) is 11.7. The fourth-order valence-corrected chi connectivity index (χ4v) is 3.44. The number of aryl methyl sites for hydroxylation is 1. The van der Waals surface area contributed by atoms with Crippen molar-refractivity contribution in [1.82, 2.24) is 9.97 Å². The highest BCUT2D eigenvalue weighted by molar-refractivity contribution is 6.33. The van der Waals surface area contributed by atoms with Crippen molar-refractivity contribution in [3.8, 4) is 11.3 Å². The minimum Gasteiger partial charge on any atom is -0.354 e. The van der Waals surface area contributed by atoms with Gasteiger partial charge >= 0.3 is 0 Å². The predicted molar refractivity (Wildman–Crippen MR) is 107 cm³/mol. The third-order valence-electron chi connectivity index (χ3n) is 4.69. The molecule has 0 aliphatic carbocycles. The van der Waals surface area contributed by atoms with E-state index in [-0.39, 0.29) is 5.41 Å². The van der Waals surface area contributed by atoms with Gasteiger partial charge in [0, 0.05) is 28.9 Å². The average molecular weight is 356 g/mol. The quantitative estimate of drug-likeness (QED) is 0.597. The molecule has 25 heavy (non-hydrogen) atoms. The van der Waals surface area contributed by atoms with Gasteiger partial charge < -0.3 is 10.7 Å². The van der Waals surface area contributed by atoms with Crippen molar-refractivity contribution in [2.75, 3.05) is 6.54 Å². The summed E-state index contributed by atoms with van der Waals surface area (Å²) in [6.45, 7) is 7.46. The van der Waals surface area contributed by atoms with Crippen LogP contribution in [-0.2, 0) is 11.8 Å². The van der Waals surface area contributed by atoms with E-state index in [4.69, 9.17) is 17.3 Å². The summed E-state index contributed by atoms with van der Waals surface area (Å²) in [5, 5.41) is 1.96. The van der Waals surface area contributed by atoms with Crippen LogP contribution >= 0.6 is 11.6 Å². The summed E-state index contributed by atoms with van der Waals surface area (Å²) in [5.74, 6) is 0. The van der Waals surface area contributed by atoms with E-state index in [1.54, 1.807) is 12.4 Å². The molecule has 132 valence electrons. The zero-order valence-corrected chi connectivity index (χ0v) is 16.0. The molecule has 0 radical (unpaired) electrons. The van der Waals surface area contributed by atoms with Gasteiger partial charge in [0.25, 0.3) is 0 Å². The highest BCUT2D eigenvalue weighted by Crippen LogP contribution is 2.36. The van der Waals surface area contributed by atoms with Gasteiger partial charge in [-0.15, -0.1) is 0 Å². The second kappa shape index (κ2) is 7.19. The monoisotopic (exact) mass is 355 g/mol. The number of halogens is 1. The van der Waals surface area contributed by atoms with Crippen molar-refractivity contribution >= 4 is 22.5 Å². The topological polar surface area (TPSA) is 54.7 Å². The Balaban J connectivity index is 2.18. The van der Waals surface area contributed by atoms with Crippen LogP contribution in [-0.4, -0.2) is 16.5 Å². The van der Waals surface area contributed by atoms with E-state index >= 15 is 0 Å². The summed E-state index contributed by atoms with van der Waals surface area (Å²) in [7, 11) is 0. The molecule has 0 saturated heterocycles. The first-order valence-electron chi connectivity index (χ1n) is 8.87. The Hall–Kier alpha value is -1.84. The highest BCUT2D eigenvalue weighted by atomic mass is 35.5. The van der Waals surface area contributed by atoms with Crippen LogP contribution < -0.4 is 5.73 Å². The Morgan fingerprint density at radius 1 is 1.16 bits per heavy atom. The molecule has 4 heteroatoms. The third-order valence-corrected chi connectivity index (χ3v) is 5.00. The Labute approximate surface area is 154 Å². The van der Waals surface area contributed by atoms with Gasteiger partial charge in [-0.25, -0.2) is 0 Å². The lowest BCUT2D eigenvalue weighted by atomic mass is 9.86. The molecule has 0 bridgehead atoms. The van der Waals surface area contributed by atoms with Gasteiger partial charge in [-0.3, -0.25) is 4.98 Å². The molecular weight excluding hydrogens is 330 g/mol. The van der Waals surface area contributed by atoms with Crippen molar-refractivity contribution in [2.45, 2.75) is 45.4 Å². The maximum atomic E-state index is 6.42. The molecule has 2 aromatic heterocycles. The molecule has 0 aliphatic heterocycles. The van der Waals surface area contributed by atoms with Gasteiger partial charge in [0.05, 0.1) is 10.7 Å². The highest BCUT2D eigenvalue weighted by Gasteiger charge is 2.19. The van der Waals surface area contributed by atoms with Gasteiger partial charge in [0.2, 0.25) is 0 Å². The summed E-state index contributed by atoms with van der Waals surface area (Å²) in [6.07, 6.45) is 6.57. The molecule has 0 aliphatic rings. The second-order valence-corrected chi connectivity index (χ2v) is 8.00. The van der Waals surface area contributed by atoms with Crippen LogP contribution in [0, 0.1) is 0 Å². The fourth-order valence-electron chi connectivity index (χ4n) is 3.23. The number of nitrogens with zero attached hydrogens (tertiary/aromatic N) is 1. The lowest BCUT2D eigenvalue weighted by Crippen LogP contribution is -2.10. The molecule has 0 saturated carbocycles. The predicted octanol–water partition coefficient (Wildman–Crippen LogP) is 5.46. The number of aromatic amines is 1. The number of unbranched alkanes of at least 4 members (excludes halogenated alkanes) is 1. The maximum Gasteiger partial charge on any atom is 0.0682 e. The van der Waals surface area contributed by atoms with Crippen LogP contribution in [0.1, 0.15) is 44.7 Å². The number of aromatic nitrogens is 2. The van der Waals surface area contributed by atoms with Crippen LogP contribution in [0.3, 0.4) is 0 Å². The molecule has 0 atom stereocenters. The molecule has 3 aromatic rings. The van der Waals surface area contributed by atoms with E-state index in [2.05, 4.69) is 48.9 Å². The molecule has 3 nitrogen and oxygen atoms in total. The summed E-state index contributed by atoms with van der Waals surface area (Å²) in [6, 6.07) is 8.69. The van der Waals surface area contributed by atoms with Gasteiger partial charge in [-0.2, -0.15) is 0 Å². The van der Waals surface area contributed by atoms with Crippen molar-refractivity contribution in [2.24, 2.45) is 5.73 Å². The first-order valence-corrected chi connectivity index (χ1v) is 9.24. The van der Waals surface area contributed by atoms with Crippen LogP contribution in [0.5, 0.6) is 0 Å². The zero-order valence-electron chi connectivity index (χ0n) is 15.2. The van der Waals surface area contributed by atoms with Crippen LogP contribution in [0.25, 0.3) is 22.2 Å². The van der Waals surface area contributed by atoms with E-state index < -0.39 is 0 Å². The number of nitrogens with two attached hydrogens (primary N) is 1.